The molecule has 2 aromatic rings. The lowest BCUT2D eigenvalue weighted by Gasteiger charge is -2.31. The summed E-state index contributed by atoms with van der Waals surface area (Å²) in [6.45, 7) is 0.604. The van der Waals surface area contributed by atoms with Gasteiger partial charge in [-0.05, 0) is 68.4 Å². The standard InChI is InChI=1S/C27H37N3O3/c28-22-11-13-23(14-12-22)32-17-18-5-4-8-21(15-18)26(20-6-2-1-3-7-20)29-27(31)24-16-25(33-30-24)19-9-10-19/h4-5,8,15-16,19-20,22-23,26H,1-3,6-7,9-14,17,28H2,(H,29,31). The summed E-state index contributed by atoms with van der Waals surface area (Å²) < 4.78 is 11.6. The highest BCUT2D eigenvalue weighted by atomic mass is 16.5. The zero-order valence-corrected chi connectivity index (χ0v) is 19.5. The second-order valence-electron chi connectivity index (χ2n) is 10.3. The Morgan fingerprint density at radius 2 is 1.85 bits per heavy atom. The van der Waals surface area contributed by atoms with Gasteiger partial charge in [0.1, 0.15) is 5.76 Å². The number of hydrogen-bond donors (Lipinski definition) is 2. The first-order valence-electron chi connectivity index (χ1n) is 12.9. The number of carbonyl (C=O) groups is 1. The molecule has 6 nitrogen and oxygen atoms in total. The average molecular weight is 452 g/mol. The molecule has 3 aliphatic carbocycles. The Bertz CT molecular complexity index is 924. The minimum atomic E-state index is -0.138. The maximum absolute atomic E-state index is 13.1. The van der Waals surface area contributed by atoms with Crippen LogP contribution in [0.5, 0.6) is 0 Å². The highest BCUT2D eigenvalue weighted by Gasteiger charge is 2.31. The molecule has 0 spiro atoms. The molecule has 0 saturated heterocycles. The number of hydrogen-bond acceptors (Lipinski definition) is 5. The van der Waals surface area contributed by atoms with Crippen LogP contribution in [0.25, 0.3) is 0 Å². The van der Waals surface area contributed by atoms with Crippen LogP contribution in [0.1, 0.15) is 110 Å². The van der Waals surface area contributed by atoms with Gasteiger partial charge in [0.15, 0.2) is 5.69 Å². The van der Waals surface area contributed by atoms with Crippen LogP contribution in [0.4, 0.5) is 0 Å². The lowest BCUT2D eigenvalue weighted by molar-refractivity contribution is 0.0137. The van der Waals surface area contributed by atoms with Crippen molar-refractivity contribution in [3.8, 4) is 0 Å². The number of ether oxygens (including phenoxy) is 1. The number of benzene rings is 1. The van der Waals surface area contributed by atoms with Crippen LogP contribution >= 0.6 is 0 Å². The molecule has 0 aliphatic heterocycles. The minimum absolute atomic E-state index is 0.0218. The molecular weight excluding hydrogens is 414 g/mol. The molecule has 6 heteroatoms. The normalized spacial score (nSPS) is 25.0. The second-order valence-corrected chi connectivity index (χ2v) is 10.3. The SMILES string of the molecule is NC1CCC(OCc2cccc(C(NC(=O)c3cc(C4CC4)on3)C3CCCCC3)c2)CC1. The van der Waals surface area contributed by atoms with Crippen LogP contribution in [-0.4, -0.2) is 23.2 Å². The Morgan fingerprint density at radius 3 is 2.61 bits per heavy atom. The van der Waals surface area contributed by atoms with Crippen molar-refractivity contribution in [3.63, 3.8) is 0 Å². The minimum Gasteiger partial charge on any atom is -0.374 e. The van der Waals surface area contributed by atoms with Gasteiger partial charge >= 0.3 is 0 Å². The maximum atomic E-state index is 13.1. The predicted molar refractivity (Wildman–Crippen MR) is 127 cm³/mol. The number of nitrogens with two attached hydrogens (primary N) is 1. The average Bonchev–Trinajstić information content (AvgIpc) is 3.59. The van der Waals surface area contributed by atoms with Crippen LogP contribution in [-0.2, 0) is 11.3 Å². The summed E-state index contributed by atoms with van der Waals surface area (Å²) in [7, 11) is 0. The second kappa shape index (κ2) is 10.4. The smallest absolute Gasteiger partial charge is 0.273 e. The van der Waals surface area contributed by atoms with Gasteiger partial charge in [0.2, 0.25) is 0 Å². The van der Waals surface area contributed by atoms with Gasteiger partial charge in [0.05, 0.1) is 18.8 Å². The number of amides is 1. The Balaban J connectivity index is 1.28. The van der Waals surface area contributed by atoms with Gasteiger partial charge in [-0.15, -0.1) is 0 Å². The first-order valence-corrected chi connectivity index (χ1v) is 12.9. The zero-order chi connectivity index (χ0) is 22.6. The number of rotatable bonds is 8. The summed E-state index contributed by atoms with van der Waals surface area (Å²) in [4.78, 5) is 13.1. The number of aromatic nitrogens is 1. The zero-order valence-electron chi connectivity index (χ0n) is 19.5. The van der Waals surface area contributed by atoms with E-state index in [1.807, 2.05) is 6.07 Å². The largest absolute Gasteiger partial charge is 0.374 e. The van der Waals surface area contributed by atoms with E-state index >= 15 is 0 Å². The Morgan fingerprint density at radius 1 is 1.06 bits per heavy atom. The fourth-order valence-corrected chi connectivity index (χ4v) is 5.46. The van der Waals surface area contributed by atoms with Crippen molar-refractivity contribution in [2.24, 2.45) is 11.7 Å². The highest BCUT2D eigenvalue weighted by molar-refractivity contribution is 5.92. The van der Waals surface area contributed by atoms with Crippen molar-refractivity contribution < 1.29 is 14.1 Å². The number of carbonyl (C=O) groups excluding carboxylic acids is 1. The molecule has 0 radical (unpaired) electrons. The van der Waals surface area contributed by atoms with Crippen LogP contribution in [0.2, 0.25) is 0 Å². The predicted octanol–water partition coefficient (Wildman–Crippen LogP) is 5.39. The third-order valence-corrected chi connectivity index (χ3v) is 7.66. The molecule has 178 valence electrons. The molecule has 1 amide bonds. The fourth-order valence-electron chi connectivity index (χ4n) is 5.46. The van der Waals surface area contributed by atoms with Gasteiger partial charge in [0.25, 0.3) is 5.91 Å². The molecule has 1 aromatic heterocycles. The summed E-state index contributed by atoms with van der Waals surface area (Å²) in [5.41, 5.74) is 8.75. The van der Waals surface area contributed by atoms with Gasteiger partial charge in [-0.1, -0.05) is 48.7 Å². The van der Waals surface area contributed by atoms with Gasteiger partial charge in [0, 0.05) is 18.0 Å². The van der Waals surface area contributed by atoms with Crippen LogP contribution in [0.3, 0.4) is 0 Å². The molecule has 33 heavy (non-hydrogen) atoms. The summed E-state index contributed by atoms with van der Waals surface area (Å²) in [5.74, 6) is 1.59. The van der Waals surface area contributed by atoms with Gasteiger partial charge in [-0.2, -0.15) is 0 Å². The van der Waals surface area contributed by atoms with Crippen molar-refractivity contribution in [2.45, 2.75) is 101 Å². The lowest BCUT2D eigenvalue weighted by atomic mass is 9.80. The monoisotopic (exact) mass is 451 g/mol. The van der Waals surface area contributed by atoms with E-state index in [0.29, 0.717) is 36.3 Å². The van der Waals surface area contributed by atoms with Gasteiger partial charge < -0.3 is 20.3 Å². The molecule has 1 atom stereocenters. The molecule has 0 bridgehead atoms. The van der Waals surface area contributed by atoms with Crippen LogP contribution in [0, 0.1) is 5.92 Å². The number of nitrogens with zero attached hydrogens (tertiary/aromatic N) is 1. The molecule has 5 rings (SSSR count). The van der Waals surface area contributed by atoms with Crippen molar-refractivity contribution in [1.82, 2.24) is 10.5 Å². The quantitative estimate of drug-likeness (QED) is 0.561. The first kappa shape index (κ1) is 22.6. The van der Waals surface area contributed by atoms with E-state index in [1.165, 1.54) is 19.3 Å². The molecule has 3 N–H and O–H groups in total. The first-order chi connectivity index (χ1) is 16.2. The summed E-state index contributed by atoms with van der Waals surface area (Å²) in [6, 6.07) is 10.7. The third kappa shape index (κ3) is 5.85. The molecule has 1 heterocycles. The van der Waals surface area contributed by atoms with E-state index in [-0.39, 0.29) is 11.9 Å². The fraction of sp³-hybridized carbons (Fsp3) is 0.630. The Kier molecular flexibility index (Phi) is 7.12. The van der Waals surface area contributed by atoms with Crippen molar-refractivity contribution in [3.05, 3.63) is 52.9 Å². The van der Waals surface area contributed by atoms with Crippen molar-refractivity contribution in [2.75, 3.05) is 0 Å². The molecule has 3 aliphatic rings. The van der Waals surface area contributed by atoms with Crippen molar-refractivity contribution in [1.29, 1.82) is 0 Å². The molecule has 3 saturated carbocycles. The van der Waals surface area contributed by atoms with Crippen LogP contribution in [0.15, 0.2) is 34.9 Å². The Labute approximate surface area is 196 Å². The lowest BCUT2D eigenvalue weighted by Crippen LogP contribution is -2.34. The highest BCUT2D eigenvalue weighted by Crippen LogP contribution is 2.40. The molecular formula is C27H37N3O3. The molecule has 1 aromatic carbocycles. The van der Waals surface area contributed by atoms with Crippen LogP contribution < -0.4 is 11.1 Å². The summed E-state index contributed by atoms with van der Waals surface area (Å²) in [6.07, 6.45) is 12.7. The van der Waals surface area contributed by atoms with E-state index in [0.717, 1.165) is 68.3 Å². The van der Waals surface area contributed by atoms with Crippen molar-refractivity contribution >= 4 is 5.91 Å². The van der Waals surface area contributed by atoms with Gasteiger partial charge in [-0.3, -0.25) is 4.79 Å². The topological polar surface area (TPSA) is 90.4 Å². The Hall–Kier alpha value is -2.18. The van der Waals surface area contributed by atoms with E-state index < -0.39 is 0 Å². The van der Waals surface area contributed by atoms with E-state index in [2.05, 4.69) is 34.7 Å². The maximum Gasteiger partial charge on any atom is 0.273 e. The van der Waals surface area contributed by atoms with E-state index in [9.17, 15) is 4.79 Å². The number of nitrogens with one attached hydrogen (secondary N) is 1. The third-order valence-electron chi connectivity index (χ3n) is 7.66. The van der Waals surface area contributed by atoms with E-state index in [1.54, 1.807) is 0 Å². The molecule has 1 unspecified atom stereocenters. The summed E-state index contributed by atoms with van der Waals surface area (Å²) >= 11 is 0. The van der Waals surface area contributed by atoms with Gasteiger partial charge in [-0.25, -0.2) is 0 Å². The molecule has 3 fully saturated rings. The summed E-state index contributed by atoms with van der Waals surface area (Å²) in [5, 5.41) is 7.37. The van der Waals surface area contributed by atoms with E-state index in [4.69, 9.17) is 15.0 Å².